The Hall–Kier alpha value is -6.57. The lowest BCUT2D eigenvalue weighted by Gasteiger charge is -2.15. The van der Waals surface area contributed by atoms with Gasteiger partial charge >= 0.3 is 5.63 Å². The van der Waals surface area contributed by atoms with Gasteiger partial charge in [-0.2, -0.15) is 0 Å². The summed E-state index contributed by atoms with van der Waals surface area (Å²) in [7, 11) is 0. The molecule has 4 nitrogen and oxygen atoms in total. The maximum absolute atomic E-state index is 13.6. The lowest BCUT2D eigenvalue weighted by molar-refractivity contribution is 0.569. The van der Waals surface area contributed by atoms with Crippen molar-refractivity contribution in [3.8, 4) is 23.0 Å². The topological polar surface area (TPSA) is 55.4 Å². The molecule has 0 radical (unpaired) electrons. The molecular formula is C44H27NO3. The highest BCUT2D eigenvalue weighted by Crippen LogP contribution is 2.39. The van der Waals surface area contributed by atoms with Crippen LogP contribution in [-0.2, 0) is 0 Å². The molecular weight excluding hydrogens is 590 g/mol. The number of fused-ring (bicyclic) bond motifs is 6. The van der Waals surface area contributed by atoms with Crippen molar-refractivity contribution in [2.24, 2.45) is 0 Å². The zero-order chi connectivity index (χ0) is 32.0. The molecule has 1 aliphatic carbocycles. The summed E-state index contributed by atoms with van der Waals surface area (Å²) in [5.41, 5.74) is 9.55. The van der Waals surface area contributed by atoms with Gasteiger partial charge in [0, 0.05) is 45.1 Å². The first kappa shape index (κ1) is 27.7. The molecule has 48 heavy (non-hydrogen) atoms. The number of hydrogen-bond donors (Lipinski definition) is 1. The van der Waals surface area contributed by atoms with Crippen LogP contribution >= 0.6 is 0 Å². The van der Waals surface area contributed by atoms with E-state index in [1.54, 1.807) is 0 Å². The molecule has 4 heteroatoms. The Balaban J connectivity index is 1.17. The first-order valence-electron chi connectivity index (χ1n) is 15.9. The lowest BCUT2D eigenvalue weighted by Crippen LogP contribution is -2.01. The lowest BCUT2D eigenvalue weighted by atomic mass is 9.92. The third-order valence-corrected chi connectivity index (χ3v) is 8.97. The van der Waals surface area contributed by atoms with Crippen LogP contribution in [0.25, 0.3) is 66.0 Å². The van der Waals surface area contributed by atoms with E-state index >= 15 is 0 Å². The predicted molar refractivity (Wildman–Crippen MR) is 197 cm³/mol. The molecule has 0 spiro atoms. The standard InChI is InChI=1S/C44H27NO3/c46-44-38-26-28(32-18-11-21-41-43(32)37-17-8-10-20-40(37)47-41)22-24-34(38)36-25-23-29(27-42(36)48-44)31-14-5-2-6-15-33(31)35-16-7-9-19-39(35)45-30-12-3-1-4-13-30/h1,3-5,7-14,16-27,45H,2H2. The molecule has 226 valence electrons. The van der Waals surface area contributed by atoms with Gasteiger partial charge < -0.3 is 14.2 Å². The first-order valence-corrected chi connectivity index (χ1v) is 15.9. The third-order valence-electron chi connectivity index (χ3n) is 8.97. The van der Waals surface area contributed by atoms with Crippen LogP contribution in [0.5, 0.6) is 0 Å². The summed E-state index contributed by atoms with van der Waals surface area (Å²) in [6.45, 7) is 0. The largest absolute Gasteiger partial charge is 0.456 e. The maximum Gasteiger partial charge on any atom is 0.344 e. The van der Waals surface area contributed by atoms with Crippen molar-refractivity contribution in [2.75, 3.05) is 5.32 Å². The van der Waals surface area contributed by atoms with Crippen LogP contribution in [0.1, 0.15) is 17.5 Å². The van der Waals surface area contributed by atoms with Crippen LogP contribution in [-0.4, -0.2) is 0 Å². The van der Waals surface area contributed by atoms with Gasteiger partial charge in [0.25, 0.3) is 0 Å². The van der Waals surface area contributed by atoms with Gasteiger partial charge in [0.05, 0.1) is 5.39 Å². The second-order valence-corrected chi connectivity index (χ2v) is 11.9. The summed E-state index contributed by atoms with van der Waals surface area (Å²) in [6, 6.07) is 44.5. The van der Waals surface area contributed by atoms with Crippen molar-refractivity contribution in [3.05, 3.63) is 167 Å². The van der Waals surface area contributed by atoms with Gasteiger partial charge in [0.1, 0.15) is 16.7 Å². The number of benzene rings is 6. The van der Waals surface area contributed by atoms with E-state index < -0.39 is 0 Å². The van der Waals surface area contributed by atoms with E-state index in [1.165, 1.54) is 0 Å². The van der Waals surface area contributed by atoms with Crippen LogP contribution in [0.15, 0.2) is 159 Å². The zero-order valence-corrected chi connectivity index (χ0v) is 25.8. The molecule has 0 amide bonds. The number of furan rings is 1. The van der Waals surface area contributed by atoms with Crippen LogP contribution < -0.4 is 10.9 Å². The number of para-hydroxylation sites is 3. The maximum atomic E-state index is 13.6. The average molecular weight is 618 g/mol. The molecule has 2 aromatic heterocycles. The Morgan fingerprint density at radius 3 is 2.29 bits per heavy atom. The molecule has 0 aliphatic heterocycles. The third kappa shape index (κ3) is 4.69. The Bertz CT molecular complexity index is 2750. The molecule has 8 aromatic rings. The minimum absolute atomic E-state index is 0.372. The van der Waals surface area contributed by atoms with Crippen LogP contribution in [0, 0.1) is 11.8 Å². The van der Waals surface area contributed by atoms with Crippen molar-refractivity contribution >= 4 is 66.2 Å². The van der Waals surface area contributed by atoms with E-state index in [0.717, 1.165) is 77.5 Å². The fraction of sp³-hybridized carbons (Fsp3) is 0.0227. The van der Waals surface area contributed by atoms with Crippen molar-refractivity contribution in [1.82, 2.24) is 0 Å². The summed E-state index contributed by atoms with van der Waals surface area (Å²) < 4.78 is 12.2. The monoisotopic (exact) mass is 617 g/mol. The summed E-state index contributed by atoms with van der Waals surface area (Å²) in [5, 5.41) is 7.91. The van der Waals surface area contributed by atoms with Crippen molar-refractivity contribution < 1.29 is 8.83 Å². The van der Waals surface area contributed by atoms with Gasteiger partial charge in [0.15, 0.2) is 0 Å². The smallest absolute Gasteiger partial charge is 0.344 e. The minimum atomic E-state index is -0.372. The van der Waals surface area contributed by atoms with E-state index in [4.69, 9.17) is 8.83 Å². The van der Waals surface area contributed by atoms with Crippen molar-refractivity contribution in [2.45, 2.75) is 6.42 Å². The second-order valence-electron chi connectivity index (χ2n) is 11.9. The number of nitrogens with one attached hydrogen (secondary N) is 1. The van der Waals surface area contributed by atoms with Gasteiger partial charge in [-0.15, -0.1) is 0 Å². The molecule has 0 unspecified atom stereocenters. The molecule has 0 atom stereocenters. The molecule has 0 fully saturated rings. The minimum Gasteiger partial charge on any atom is -0.456 e. The number of hydrogen-bond acceptors (Lipinski definition) is 4. The number of allylic oxidation sites excluding steroid dienone is 4. The second kappa shape index (κ2) is 11.3. The summed E-state index contributed by atoms with van der Waals surface area (Å²) in [6.07, 6.45) is 4.84. The average Bonchev–Trinajstić information content (AvgIpc) is 3.34. The molecule has 1 N–H and O–H groups in total. The highest BCUT2D eigenvalue weighted by Gasteiger charge is 2.17. The molecule has 0 saturated heterocycles. The molecule has 6 aromatic carbocycles. The highest BCUT2D eigenvalue weighted by atomic mass is 16.4. The Morgan fingerprint density at radius 2 is 1.35 bits per heavy atom. The molecule has 2 heterocycles. The molecule has 0 bridgehead atoms. The van der Waals surface area contributed by atoms with Gasteiger partial charge in [-0.3, -0.25) is 0 Å². The van der Waals surface area contributed by atoms with E-state index in [-0.39, 0.29) is 5.63 Å². The summed E-state index contributed by atoms with van der Waals surface area (Å²) >= 11 is 0. The first-order chi connectivity index (χ1) is 23.7. The van der Waals surface area contributed by atoms with Gasteiger partial charge in [-0.25, -0.2) is 4.79 Å². The van der Waals surface area contributed by atoms with E-state index in [2.05, 4.69) is 65.7 Å². The van der Waals surface area contributed by atoms with E-state index in [9.17, 15) is 4.79 Å². The Morgan fingerprint density at radius 1 is 0.583 bits per heavy atom. The van der Waals surface area contributed by atoms with Crippen LogP contribution in [0.3, 0.4) is 0 Å². The summed E-state index contributed by atoms with van der Waals surface area (Å²) in [4.78, 5) is 13.6. The van der Waals surface area contributed by atoms with Gasteiger partial charge in [-0.05, 0) is 76.2 Å². The Kier molecular flexibility index (Phi) is 6.55. The molecule has 1 aliphatic rings. The fourth-order valence-corrected chi connectivity index (χ4v) is 6.75. The number of anilines is 2. The Labute approximate surface area is 276 Å². The van der Waals surface area contributed by atoms with Gasteiger partial charge in [0.2, 0.25) is 0 Å². The quantitative estimate of drug-likeness (QED) is 0.119. The molecule has 0 saturated carbocycles. The van der Waals surface area contributed by atoms with Crippen LogP contribution in [0.4, 0.5) is 11.4 Å². The normalized spacial score (nSPS) is 12.8. The van der Waals surface area contributed by atoms with Crippen LogP contribution in [0.2, 0.25) is 0 Å². The van der Waals surface area contributed by atoms with Crippen molar-refractivity contribution in [1.29, 1.82) is 0 Å². The summed E-state index contributed by atoms with van der Waals surface area (Å²) in [5.74, 6) is 6.73. The van der Waals surface area contributed by atoms with E-state index in [1.807, 2.05) is 97.1 Å². The van der Waals surface area contributed by atoms with Gasteiger partial charge in [-0.1, -0.05) is 109 Å². The zero-order valence-electron chi connectivity index (χ0n) is 25.8. The van der Waals surface area contributed by atoms with Crippen molar-refractivity contribution in [3.63, 3.8) is 0 Å². The van der Waals surface area contributed by atoms with E-state index in [0.29, 0.717) is 17.4 Å². The number of rotatable bonds is 5. The SMILES string of the molecule is O=c1oc2cc(C3=C(c4ccccc4Nc4ccccc4)C#CCC=C3)ccc2c2ccc(-c3cccc4oc5ccccc5c34)cc12. The fourth-order valence-electron chi connectivity index (χ4n) is 6.75. The highest BCUT2D eigenvalue weighted by molar-refractivity contribution is 6.14. The molecule has 9 rings (SSSR count). The predicted octanol–water partition coefficient (Wildman–Crippen LogP) is 11.1.